The molecule has 1 fully saturated rings. The van der Waals surface area contributed by atoms with Gasteiger partial charge in [0.15, 0.2) is 5.82 Å². The lowest BCUT2D eigenvalue weighted by Gasteiger charge is -2.36. The van der Waals surface area contributed by atoms with Gasteiger partial charge in [-0.15, -0.1) is 11.3 Å². The van der Waals surface area contributed by atoms with Gasteiger partial charge in [0.05, 0.1) is 6.04 Å². The number of hydrogen-bond donors (Lipinski definition) is 0. The number of nitrogens with zero attached hydrogens (tertiary/aromatic N) is 4. The van der Waals surface area contributed by atoms with E-state index in [1.165, 1.54) is 4.88 Å². The van der Waals surface area contributed by atoms with Crippen molar-refractivity contribution in [1.82, 2.24) is 19.9 Å². The van der Waals surface area contributed by atoms with E-state index in [0.717, 1.165) is 50.9 Å². The van der Waals surface area contributed by atoms with Crippen molar-refractivity contribution in [2.45, 2.75) is 32.9 Å². The Labute approximate surface area is 129 Å². The zero-order chi connectivity index (χ0) is 14.7. The largest absolute Gasteiger partial charge is 0.338 e. The molecule has 0 N–H and O–H groups in total. The molecule has 6 heteroatoms. The highest BCUT2D eigenvalue weighted by molar-refractivity contribution is 7.09. The average Bonchev–Trinajstić information content (AvgIpc) is 3.18. The number of thiophene rings is 1. The van der Waals surface area contributed by atoms with Gasteiger partial charge in [0.2, 0.25) is 5.89 Å². The molecular formula is C15H22N4OS. The van der Waals surface area contributed by atoms with Crippen LogP contribution in [0, 0.1) is 0 Å². The second kappa shape index (κ2) is 6.68. The Morgan fingerprint density at radius 2 is 2.14 bits per heavy atom. The normalized spacial score (nSPS) is 19.0. The third-order valence-corrected chi connectivity index (χ3v) is 4.93. The van der Waals surface area contributed by atoms with Crippen molar-refractivity contribution in [2.24, 2.45) is 0 Å². The van der Waals surface area contributed by atoms with E-state index in [4.69, 9.17) is 4.52 Å². The number of piperazine rings is 1. The molecule has 0 bridgehead atoms. The predicted octanol–water partition coefficient (Wildman–Crippen LogP) is 2.57. The van der Waals surface area contributed by atoms with Crippen LogP contribution >= 0.6 is 11.3 Å². The first-order valence-corrected chi connectivity index (χ1v) is 8.45. The minimum absolute atomic E-state index is 0.210. The van der Waals surface area contributed by atoms with Gasteiger partial charge in [-0.25, -0.2) is 0 Å². The summed E-state index contributed by atoms with van der Waals surface area (Å²) < 4.78 is 5.37. The Kier molecular flexibility index (Phi) is 4.67. The molecule has 0 radical (unpaired) electrons. The van der Waals surface area contributed by atoms with E-state index in [1.807, 2.05) is 18.3 Å². The topological polar surface area (TPSA) is 45.4 Å². The van der Waals surface area contributed by atoms with Crippen molar-refractivity contribution in [2.75, 3.05) is 26.2 Å². The molecule has 2 aromatic heterocycles. The van der Waals surface area contributed by atoms with Gasteiger partial charge in [-0.1, -0.05) is 18.1 Å². The number of aromatic nitrogens is 2. The van der Waals surface area contributed by atoms with Gasteiger partial charge in [-0.05, 0) is 18.4 Å². The van der Waals surface area contributed by atoms with E-state index in [0.29, 0.717) is 0 Å². The highest BCUT2D eigenvalue weighted by Gasteiger charge is 2.25. The summed E-state index contributed by atoms with van der Waals surface area (Å²) in [5, 5.41) is 6.14. The van der Waals surface area contributed by atoms with E-state index in [-0.39, 0.29) is 6.04 Å². The third kappa shape index (κ3) is 3.51. The molecule has 2 aromatic rings. The van der Waals surface area contributed by atoms with Gasteiger partial charge < -0.3 is 4.52 Å². The van der Waals surface area contributed by atoms with E-state index < -0.39 is 0 Å². The van der Waals surface area contributed by atoms with Crippen LogP contribution in [-0.2, 0) is 13.0 Å². The van der Waals surface area contributed by atoms with Crippen molar-refractivity contribution in [3.8, 4) is 0 Å². The third-order valence-electron chi connectivity index (χ3n) is 4.07. The summed E-state index contributed by atoms with van der Waals surface area (Å²) in [5.41, 5.74) is 0. The Balaban J connectivity index is 1.52. The van der Waals surface area contributed by atoms with Crippen LogP contribution in [0.1, 0.15) is 36.5 Å². The fraction of sp³-hybridized carbons (Fsp3) is 0.600. The van der Waals surface area contributed by atoms with Crippen LogP contribution in [0.2, 0.25) is 0 Å². The van der Waals surface area contributed by atoms with Gasteiger partial charge >= 0.3 is 0 Å². The van der Waals surface area contributed by atoms with E-state index >= 15 is 0 Å². The zero-order valence-electron chi connectivity index (χ0n) is 12.7. The maximum absolute atomic E-state index is 5.37. The minimum Gasteiger partial charge on any atom is -0.338 e. The first-order chi connectivity index (χ1) is 10.3. The molecule has 1 atom stereocenters. The number of aryl methyl sites for hydroxylation is 1. The van der Waals surface area contributed by atoms with Crippen molar-refractivity contribution in [3.63, 3.8) is 0 Å². The molecule has 0 aromatic carbocycles. The smallest absolute Gasteiger partial charge is 0.243 e. The Bertz CT molecular complexity index is 546. The van der Waals surface area contributed by atoms with Crippen LogP contribution in [0.15, 0.2) is 22.0 Å². The van der Waals surface area contributed by atoms with Gasteiger partial charge in [-0.3, -0.25) is 9.80 Å². The molecule has 21 heavy (non-hydrogen) atoms. The second-order valence-electron chi connectivity index (χ2n) is 5.47. The summed E-state index contributed by atoms with van der Waals surface area (Å²) in [5.74, 6) is 1.55. The van der Waals surface area contributed by atoms with Gasteiger partial charge in [-0.2, -0.15) is 4.98 Å². The van der Waals surface area contributed by atoms with Crippen LogP contribution in [0.5, 0.6) is 0 Å². The number of hydrogen-bond acceptors (Lipinski definition) is 6. The predicted molar refractivity (Wildman–Crippen MR) is 83.3 cm³/mol. The molecule has 1 aliphatic rings. The molecule has 5 nitrogen and oxygen atoms in total. The number of rotatable bonds is 5. The molecular weight excluding hydrogens is 284 g/mol. The summed E-state index contributed by atoms with van der Waals surface area (Å²) >= 11 is 1.84. The first kappa shape index (κ1) is 14.7. The monoisotopic (exact) mass is 306 g/mol. The Morgan fingerprint density at radius 3 is 2.76 bits per heavy atom. The maximum atomic E-state index is 5.37. The molecule has 0 aliphatic carbocycles. The van der Waals surface area contributed by atoms with Crippen molar-refractivity contribution in [3.05, 3.63) is 34.1 Å². The maximum Gasteiger partial charge on any atom is 0.243 e. The van der Waals surface area contributed by atoms with Crippen LogP contribution in [0.25, 0.3) is 0 Å². The van der Waals surface area contributed by atoms with Gasteiger partial charge in [0.25, 0.3) is 0 Å². The quantitative estimate of drug-likeness (QED) is 0.849. The molecule has 114 valence electrons. The van der Waals surface area contributed by atoms with Crippen LogP contribution in [-0.4, -0.2) is 46.1 Å². The highest BCUT2D eigenvalue weighted by Crippen LogP contribution is 2.21. The average molecular weight is 306 g/mol. The molecule has 1 saturated heterocycles. The summed E-state index contributed by atoms with van der Waals surface area (Å²) in [6.45, 7) is 9.56. The van der Waals surface area contributed by atoms with Crippen LogP contribution in [0.4, 0.5) is 0 Å². The van der Waals surface area contributed by atoms with E-state index in [1.54, 1.807) is 0 Å². The highest BCUT2D eigenvalue weighted by atomic mass is 32.1. The summed E-state index contributed by atoms with van der Waals surface area (Å²) in [4.78, 5) is 10.8. The molecule has 0 saturated carbocycles. The minimum atomic E-state index is 0.210. The molecule has 3 rings (SSSR count). The molecule has 1 aliphatic heterocycles. The van der Waals surface area contributed by atoms with E-state index in [2.05, 4.69) is 44.4 Å². The molecule has 0 amide bonds. The fourth-order valence-corrected chi connectivity index (χ4v) is 3.41. The van der Waals surface area contributed by atoms with Crippen molar-refractivity contribution < 1.29 is 4.52 Å². The lowest BCUT2D eigenvalue weighted by atomic mass is 10.2. The van der Waals surface area contributed by atoms with Gasteiger partial charge in [0.1, 0.15) is 0 Å². The molecule has 0 unspecified atom stereocenters. The zero-order valence-corrected chi connectivity index (χ0v) is 13.5. The summed E-state index contributed by atoms with van der Waals surface area (Å²) in [6, 6.07) is 4.55. The SMILES string of the molecule is CCc1noc([C@@H](C)N2CCN(Cc3cccs3)CC2)n1. The Morgan fingerprint density at radius 1 is 1.33 bits per heavy atom. The summed E-state index contributed by atoms with van der Waals surface area (Å²) in [6.07, 6.45) is 0.824. The van der Waals surface area contributed by atoms with Crippen LogP contribution in [0.3, 0.4) is 0 Å². The van der Waals surface area contributed by atoms with Crippen LogP contribution < -0.4 is 0 Å². The molecule has 3 heterocycles. The lowest BCUT2D eigenvalue weighted by Crippen LogP contribution is -2.46. The standard InChI is InChI=1S/C15H22N4OS/c1-3-14-16-15(20-17-14)12(2)19-8-6-18(7-9-19)11-13-5-4-10-21-13/h4-5,10,12H,3,6-9,11H2,1-2H3/t12-/m1/s1. The second-order valence-corrected chi connectivity index (χ2v) is 6.50. The molecule has 0 spiro atoms. The van der Waals surface area contributed by atoms with Crippen molar-refractivity contribution >= 4 is 11.3 Å². The lowest BCUT2D eigenvalue weighted by molar-refractivity contribution is 0.0850. The Hall–Kier alpha value is -1.24. The first-order valence-electron chi connectivity index (χ1n) is 7.57. The summed E-state index contributed by atoms with van der Waals surface area (Å²) in [7, 11) is 0. The van der Waals surface area contributed by atoms with E-state index in [9.17, 15) is 0 Å². The fourth-order valence-electron chi connectivity index (χ4n) is 2.67. The van der Waals surface area contributed by atoms with Crippen molar-refractivity contribution in [1.29, 1.82) is 0 Å². The van der Waals surface area contributed by atoms with Gasteiger partial charge in [0, 0.05) is 44.0 Å².